The van der Waals surface area contributed by atoms with Crippen molar-refractivity contribution in [2.24, 2.45) is 0 Å². The van der Waals surface area contributed by atoms with E-state index >= 15 is 0 Å². The van der Waals surface area contributed by atoms with Crippen molar-refractivity contribution in [3.63, 3.8) is 0 Å². The second-order valence-corrected chi connectivity index (χ2v) is 15.0. The van der Waals surface area contributed by atoms with Gasteiger partial charge in [0.2, 0.25) is 0 Å². The topological polar surface area (TPSA) is 90.9 Å². The van der Waals surface area contributed by atoms with E-state index in [9.17, 15) is 14.4 Å². The molecular weight excluding hydrogens is 402 g/mol. The molecule has 0 fully saturated rings. The van der Waals surface area contributed by atoms with E-state index in [-0.39, 0.29) is 19.4 Å². The first kappa shape index (κ1) is 25.7. The highest BCUT2D eigenvalue weighted by Crippen LogP contribution is 2.13. The minimum Gasteiger partial charge on any atom is -0.466 e. The SMILES string of the molecule is CC(C)(C)OC(=O)[C@H](CCC(=O)OCC[Si](C)(C)C)NC(=O)OCc1ccccc1. The summed E-state index contributed by atoms with van der Waals surface area (Å²) in [5.74, 6) is -1.02. The highest BCUT2D eigenvalue weighted by atomic mass is 28.3. The van der Waals surface area contributed by atoms with Crippen LogP contribution in [0.1, 0.15) is 39.2 Å². The van der Waals surface area contributed by atoms with Crippen LogP contribution in [0.25, 0.3) is 0 Å². The molecule has 0 aliphatic heterocycles. The second-order valence-electron chi connectivity index (χ2n) is 9.36. The molecule has 7 nitrogen and oxygen atoms in total. The molecule has 0 radical (unpaired) electrons. The highest BCUT2D eigenvalue weighted by molar-refractivity contribution is 6.76. The zero-order chi connectivity index (χ0) is 22.8. The average Bonchev–Trinajstić information content (AvgIpc) is 2.61. The number of benzene rings is 1. The summed E-state index contributed by atoms with van der Waals surface area (Å²) in [6, 6.07) is 9.08. The van der Waals surface area contributed by atoms with Crippen LogP contribution in [0.5, 0.6) is 0 Å². The molecule has 1 rings (SSSR count). The van der Waals surface area contributed by atoms with Gasteiger partial charge < -0.3 is 19.5 Å². The summed E-state index contributed by atoms with van der Waals surface area (Å²) in [5, 5.41) is 2.51. The molecular formula is C22H35NO6Si. The number of alkyl carbamates (subject to hydrolysis) is 1. The Labute approximate surface area is 180 Å². The lowest BCUT2D eigenvalue weighted by molar-refractivity contribution is -0.157. The Kier molecular flexibility index (Phi) is 10.0. The highest BCUT2D eigenvalue weighted by Gasteiger charge is 2.28. The Morgan fingerprint density at radius 3 is 2.23 bits per heavy atom. The smallest absolute Gasteiger partial charge is 0.408 e. The Hall–Kier alpha value is -2.35. The molecule has 1 amide bonds. The lowest BCUT2D eigenvalue weighted by atomic mass is 10.1. The van der Waals surface area contributed by atoms with E-state index in [1.165, 1.54) is 0 Å². The van der Waals surface area contributed by atoms with E-state index in [1.807, 2.05) is 30.3 Å². The van der Waals surface area contributed by atoms with E-state index in [0.29, 0.717) is 6.61 Å². The van der Waals surface area contributed by atoms with Gasteiger partial charge in [-0.05, 0) is 38.8 Å². The molecule has 1 aromatic rings. The minimum absolute atomic E-state index is 0.00538. The van der Waals surface area contributed by atoms with Crippen LogP contribution in [0.4, 0.5) is 4.79 Å². The van der Waals surface area contributed by atoms with Gasteiger partial charge >= 0.3 is 18.0 Å². The molecule has 0 unspecified atom stereocenters. The van der Waals surface area contributed by atoms with Crippen LogP contribution in [0.3, 0.4) is 0 Å². The third kappa shape index (κ3) is 12.3. The van der Waals surface area contributed by atoms with E-state index in [4.69, 9.17) is 14.2 Å². The number of hydrogen-bond donors (Lipinski definition) is 1. The molecule has 0 saturated heterocycles. The summed E-state index contributed by atoms with van der Waals surface area (Å²) < 4.78 is 15.8. The first-order valence-corrected chi connectivity index (χ1v) is 13.9. The van der Waals surface area contributed by atoms with Crippen LogP contribution < -0.4 is 5.32 Å². The van der Waals surface area contributed by atoms with Crippen LogP contribution >= 0.6 is 0 Å². The number of amides is 1. The Balaban J connectivity index is 2.59. The summed E-state index contributed by atoms with van der Waals surface area (Å²) in [6.07, 6.45) is -0.683. The molecule has 0 aromatic heterocycles. The first-order valence-electron chi connectivity index (χ1n) is 10.2. The monoisotopic (exact) mass is 437 g/mol. The van der Waals surface area contributed by atoms with Gasteiger partial charge in [0.05, 0.1) is 6.61 Å². The van der Waals surface area contributed by atoms with Gasteiger partial charge in [0.25, 0.3) is 0 Å². The van der Waals surface area contributed by atoms with Crippen LogP contribution in [0.2, 0.25) is 25.7 Å². The predicted octanol–water partition coefficient (Wildman–Crippen LogP) is 4.28. The number of carbonyl (C=O) groups is 3. The molecule has 1 aromatic carbocycles. The zero-order valence-electron chi connectivity index (χ0n) is 18.9. The molecule has 168 valence electrons. The van der Waals surface area contributed by atoms with Crippen LogP contribution in [-0.4, -0.2) is 44.4 Å². The summed E-state index contributed by atoms with van der Waals surface area (Å²) in [6.45, 7) is 12.3. The van der Waals surface area contributed by atoms with Crippen molar-refractivity contribution in [3.05, 3.63) is 35.9 Å². The van der Waals surface area contributed by atoms with Crippen molar-refractivity contribution in [1.29, 1.82) is 0 Å². The fraction of sp³-hybridized carbons (Fsp3) is 0.591. The average molecular weight is 438 g/mol. The number of nitrogens with one attached hydrogen (secondary N) is 1. The van der Waals surface area contributed by atoms with Gasteiger partial charge in [-0.15, -0.1) is 0 Å². The molecule has 0 heterocycles. The zero-order valence-corrected chi connectivity index (χ0v) is 19.9. The maximum atomic E-state index is 12.5. The first-order chi connectivity index (χ1) is 13.9. The van der Waals surface area contributed by atoms with Gasteiger partial charge in [-0.25, -0.2) is 9.59 Å². The number of esters is 2. The molecule has 0 spiro atoms. The Morgan fingerprint density at radius 2 is 1.67 bits per heavy atom. The third-order valence-electron chi connectivity index (χ3n) is 3.95. The van der Waals surface area contributed by atoms with Crippen molar-refractivity contribution < 1.29 is 28.6 Å². The van der Waals surface area contributed by atoms with Gasteiger partial charge in [0, 0.05) is 14.5 Å². The molecule has 0 aliphatic rings. The molecule has 1 atom stereocenters. The lowest BCUT2D eigenvalue weighted by Gasteiger charge is -2.24. The fourth-order valence-corrected chi connectivity index (χ4v) is 3.05. The van der Waals surface area contributed by atoms with E-state index in [1.54, 1.807) is 20.8 Å². The normalized spacial score (nSPS) is 12.6. The quantitative estimate of drug-likeness (QED) is 0.334. The van der Waals surface area contributed by atoms with Crippen LogP contribution in [0, 0.1) is 0 Å². The molecule has 30 heavy (non-hydrogen) atoms. The molecule has 0 aliphatic carbocycles. The number of hydrogen-bond acceptors (Lipinski definition) is 6. The van der Waals surface area contributed by atoms with E-state index in [2.05, 4.69) is 25.0 Å². The van der Waals surface area contributed by atoms with E-state index in [0.717, 1.165) is 11.6 Å². The standard InChI is InChI=1S/C22H35NO6Si/c1-22(2,3)29-20(25)18(12-13-19(24)27-14-15-30(4,5)6)23-21(26)28-16-17-10-8-7-9-11-17/h7-11,18H,12-16H2,1-6H3,(H,23,26)/t18-/m0/s1. The maximum Gasteiger partial charge on any atom is 0.408 e. The molecule has 0 bridgehead atoms. The molecule has 1 N–H and O–H groups in total. The largest absolute Gasteiger partial charge is 0.466 e. The van der Waals surface area contributed by atoms with Crippen molar-refractivity contribution in [1.82, 2.24) is 5.32 Å². The lowest BCUT2D eigenvalue weighted by Crippen LogP contribution is -2.44. The van der Waals surface area contributed by atoms with Gasteiger partial charge in [-0.3, -0.25) is 4.79 Å². The second kappa shape index (κ2) is 11.7. The van der Waals surface area contributed by atoms with Crippen molar-refractivity contribution >= 4 is 26.1 Å². The summed E-state index contributed by atoms with van der Waals surface area (Å²) in [5.41, 5.74) is 0.107. The van der Waals surface area contributed by atoms with Gasteiger partial charge in [-0.2, -0.15) is 0 Å². The number of ether oxygens (including phenoxy) is 3. The number of rotatable bonds is 10. The van der Waals surface area contributed by atoms with Crippen molar-refractivity contribution in [3.8, 4) is 0 Å². The van der Waals surface area contributed by atoms with Crippen LogP contribution in [0.15, 0.2) is 30.3 Å². The maximum absolute atomic E-state index is 12.5. The van der Waals surface area contributed by atoms with Gasteiger partial charge in [-0.1, -0.05) is 50.0 Å². The van der Waals surface area contributed by atoms with E-state index < -0.39 is 37.7 Å². The molecule has 0 saturated carbocycles. The Bertz CT molecular complexity index is 694. The third-order valence-corrected chi connectivity index (χ3v) is 5.65. The molecule has 8 heteroatoms. The van der Waals surface area contributed by atoms with Gasteiger partial charge in [0.1, 0.15) is 18.2 Å². The predicted molar refractivity (Wildman–Crippen MR) is 118 cm³/mol. The van der Waals surface area contributed by atoms with Crippen molar-refractivity contribution in [2.45, 2.75) is 77.5 Å². The van der Waals surface area contributed by atoms with Gasteiger partial charge in [0.15, 0.2) is 0 Å². The Morgan fingerprint density at radius 1 is 1.03 bits per heavy atom. The number of carbonyl (C=O) groups excluding carboxylic acids is 3. The summed E-state index contributed by atoms with van der Waals surface area (Å²) in [7, 11) is -1.30. The minimum atomic E-state index is -1.30. The summed E-state index contributed by atoms with van der Waals surface area (Å²) >= 11 is 0. The fourth-order valence-electron chi connectivity index (χ4n) is 2.33. The van der Waals surface area contributed by atoms with Crippen LogP contribution in [-0.2, 0) is 30.4 Å². The summed E-state index contributed by atoms with van der Waals surface area (Å²) in [4.78, 5) is 36.7. The van der Waals surface area contributed by atoms with Crippen molar-refractivity contribution in [2.75, 3.05) is 6.61 Å².